The summed E-state index contributed by atoms with van der Waals surface area (Å²) in [5.41, 5.74) is 6.41. The van der Waals surface area contributed by atoms with E-state index in [-0.39, 0.29) is 23.2 Å². The zero-order valence-corrected chi connectivity index (χ0v) is 26.8. The summed E-state index contributed by atoms with van der Waals surface area (Å²) in [6, 6.07) is 20.6. The number of anilines is 3. The molecule has 5 rings (SSSR count). The molecule has 1 saturated heterocycles. The van der Waals surface area contributed by atoms with E-state index in [4.69, 9.17) is 4.98 Å². The minimum Gasteiger partial charge on any atom is -0.336 e. The van der Waals surface area contributed by atoms with E-state index in [0.29, 0.717) is 47.0 Å². The molecule has 1 aliphatic heterocycles. The Labute approximate surface area is 264 Å². The van der Waals surface area contributed by atoms with Crippen molar-refractivity contribution < 1.29 is 9.59 Å². The molecule has 1 aliphatic rings. The highest BCUT2D eigenvalue weighted by Gasteiger charge is 2.21. The van der Waals surface area contributed by atoms with Gasteiger partial charge in [0.05, 0.1) is 5.69 Å². The van der Waals surface area contributed by atoms with Crippen molar-refractivity contribution in [1.29, 1.82) is 0 Å². The van der Waals surface area contributed by atoms with E-state index >= 15 is 0 Å². The number of nitrogens with one attached hydrogen (secondary N) is 2. The van der Waals surface area contributed by atoms with E-state index in [1.54, 1.807) is 35.9 Å². The van der Waals surface area contributed by atoms with E-state index in [9.17, 15) is 14.4 Å². The van der Waals surface area contributed by atoms with Gasteiger partial charge in [-0.1, -0.05) is 43.7 Å². The van der Waals surface area contributed by atoms with Crippen molar-refractivity contribution in [2.45, 2.75) is 40.0 Å². The van der Waals surface area contributed by atoms with Gasteiger partial charge >= 0.3 is 0 Å². The molecule has 45 heavy (non-hydrogen) atoms. The zero-order valence-electron chi connectivity index (χ0n) is 26.8. The molecule has 0 spiro atoms. The average Bonchev–Trinajstić information content (AvgIpc) is 3.05. The molecule has 0 aliphatic carbocycles. The van der Waals surface area contributed by atoms with E-state index in [1.165, 1.54) is 0 Å². The smallest absolute Gasteiger partial charge is 0.293 e. The molecule has 9 heteroatoms. The third-order valence-corrected chi connectivity index (χ3v) is 8.66. The van der Waals surface area contributed by atoms with Crippen LogP contribution in [0, 0.1) is 13.8 Å². The second kappa shape index (κ2) is 13.9. The van der Waals surface area contributed by atoms with Crippen LogP contribution in [-0.2, 0) is 13.5 Å². The van der Waals surface area contributed by atoms with Gasteiger partial charge in [0.2, 0.25) is 0 Å². The van der Waals surface area contributed by atoms with Crippen LogP contribution in [0.5, 0.6) is 0 Å². The zero-order chi connectivity index (χ0) is 32.1. The summed E-state index contributed by atoms with van der Waals surface area (Å²) >= 11 is 0. The highest BCUT2D eigenvalue weighted by Crippen LogP contribution is 2.30. The normalized spacial score (nSPS) is 13.5. The van der Waals surface area contributed by atoms with Gasteiger partial charge in [-0.15, -0.1) is 0 Å². The molecule has 3 aromatic carbocycles. The fraction of sp³-hybridized carbons (Fsp3) is 0.333. The van der Waals surface area contributed by atoms with Crippen LogP contribution >= 0.6 is 0 Å². The number of rotatable bonds is 9. The summed E-state index contributed by atoms with van der Waals surface area (Å²) in [6.07, 6.45) is 2.93. The summed E-state index contributed by atoms with van der Waals surface area (Å²) in [7, 11) is 3.78. The van der Waals surface area contributed by atoms with Crippen molar-refractivity contribution in [2.75, 3.05) is 43.9 Å². The number of unbranched alkanes of at least 4 members (excludes halogenated alkanes) is 1. The van der Waals surface area contributed by atoms with Gasteiger partial charge < -0.3 is 25.0 Å². The SMILES string of the molecule is CCCCc1ccccc1C(=O)Nc1cccc(-c2nc(Nc3ccc(C(=O)N4CCN(C)CC4)cc3)c(=O)n(C)c2C)c1C. The third kappa shape index (κ3) is 6.99. The van der Waals surface area contributed by atoms with Crippen molar-refractivity contribution in [3.05, 3.63) is 105 Å². The summed E-state index contributed by atoms with van der Waals surface area (Å²) in [5, 5.41) is 6.28. The number of benzene rings is 3. The molecule has 4 aromatic rings. The van der Waals surface area contributed by atoms with E-state index in [0.717, 1.165) is 49.0 Å². The largest absolute Gasteiger partial charge is 0.336 e. The number of piperazine rings is 1. The quantitative estimate of drug-likeness (QED) is 0.250. The molecule has 0 bridgehead atoms. The topological polar surface area (TPSA) is 99.6 Å². The number of hydrogen-bond donors (Lipinski definition) is 2. The molecular formula is C36H42N6O3. The van der Waals surface area contributed by atoms with E-state index in [2.05, 4.69) is 29.5 Å². The van der Waals surface area contributed by atoms with Gasteiger partial charge in [0.25, 0.3) is 17.4 Å². The molecule has 2 amide bonds. The third-order valence-electron chi connectivity index (χ3n) is 8.66. The highest BCUT2D eigenvalue weighted by molar-refractivity contribution is 6.06. The number of nitrogens with zero attached hydrogens (tertiary/aromatic N) is 4. The van der Waals surface area contributed by atoms with Crippen molar-refractivity contribution in [1.82, 2.24) is 19.4 Å². The number of aromatic nitrogens is 2. The second-order valence-corrected chi connectivity index (χ2v) is 11.7. The maximum Gasteiger partial charge on any atom is 0.293 e. The molecule has 0 atom stereocenters. The number of hydrogen-bond acceptors (Lipinski definition) is 6. The first kappa shape index (κ1) is 31.7. The molecule has 2 heterocycles. The Kier molecular flexibility index (Phi) is 9.78. The lowest BCUT2D eigenvalue weighted by Gasteiger charge is -2.32. The van der Waals surface area contributed by atoms with Gasteiger partial charge in [0.1, 0.15) is 0 Å². The molecule has 0 radical (unpaired) electrons. The first-order valence-corrected chi connectivity index (χ1v) is 15.6. The van der Waals surface area contributed by atoms with Gasteiger partial charge in [-0.3, -0.25) is 14.4 Å². The molecule has 1 aromatic heterocycles. The first-order chi connectivity index (χ1) is 21.7. The van der Waals surface area contributed by atoms with Crippen LogP contribution in [0.1, 0.15) is 57.3 Å². The van der Waals surface area contributed by atoms with Gasteiger partial charge in [0, 0.05) is 67.0 Å². The lowest BCUT2D eigenvalue weighted by molar-refractivity contribution is 0.0664. The Hall–Kier alpha value is -4.76. The summed E-state index contributed by atoms with van der Waals surface area (Å²) in [6.45, 7) is 9.08. The maximum atomic E-state index is 13.4. The van der Waals surface area contributed by atoms with Crippen LogP contribution in [-0.4, -0.2) is 64.4 Å². The Balaban J connectivity index is 1.39. The van der Waals surface area contributed by atoms with Gasteiger partial charge in [0.15, 0.2) is 5.82 Å². The molecule has 2 N–H and O–H groups in total. The summed E-state index contributed by atoms with van der Waals surface area (Å²) in [4.78, 5) is 48.5. The number of amides is 2. The van der Waals surface area contributed by atoms with Crippen molar-refractivity contribution in [3.63, 3.8) is 0 Å². The molecule has 0 unspecified atom stereocenters. The van der Waals surface area contributed by atoms with E-state index in [1.807, 2.05) is 61.2 Å². The summed E-state index contributed by atoms with van der Waals surface area (Å²) in [5.74, 6) is 0.0344. The van der Waals surface area contributed by atoms with Crippen LogP contribution in [0.4, 0.5) is 17.2 Å². The number of aryl methyl sites for hydroxylation is 1. The number of likely N-dealkylation sites (N-methyl/N-ethyl adjacent to an activating group) is 1. The minimum atomic E-state index is -0.264. The van der Waals surface area contributed by atoms with Crippen LogP contribution < -0.4 is 16.2 Å². The maximum absolute atomic E-state index is 13.4. The Morgan fingerprint density at radius 3 is 2.31 bits per heavy atom. The lowest BCUT2D eigenvalue weighted by Crippen LogP contribution is -2.47. The Morgan fingerprint density at radius 1 is 0.889 bits per heavy atom. The summed E-state index contributed by atoms with van der Waals surface area (Å²) < 4.78 is 1.57. The van der Waals surface area contributed by atoms with Crippen LogP contribution in [0.25, 0.3) is 11.3 Å². The predicted octanol–water partition coefficient (Wildman–Crippen LogP) is 5.79. The fourth-order valence-corrected chi connectivity index (χ4v) is 5.62. The van der Waals surface area contributed by atoms with Gasteiger partial charge in [-0.05, 0) is 81.3 Å². The van der Waals surface area contributed by atoms with Gasteiger partial charge in [-0.2, -0.15) is 0 Å². The van der Waals surface area contributed by atoms with Crippen LogP contribution in [0.3, 0.4) is 0 Å². The van der Waals surface area contributed by atoms with Crippen LogP contribution in [0.2, 0.25) is 0 Å². The molecule has 0 saturated carbocycles. The number of carbonyl (C=O) groups excluding carboxylic acids is 2. The molecule has 1 fully saturated rings. The number of carbonyl (C=O) groups is 2. The van der Waals surface area contributed by atoms with Crippen molar-refractivity contribution >= 4 is 29.0 Å². The first-order valence-electron chi connectivity index (χ1n) is 15.6. The minimum absolute atomic E-state index is 0.00760. The highest BCUT2D eigenvalue weighted by atomic mass is 16.2. The molecular weight excluding hydrogens is 564 g/mol. The second-order valence-electron chi connectivity index (χ2n) is 11.7. The monoisotopic (exact) mass is 606 g/mol. The predicted molar refractivity (Wildman–Crippen MR) is 181 cm³/mol. The fourth-order valence-electron chi connectivity index (χ4n) is 5.62. The van der Waals surface area contributed by atoms with Crippen LogP contribution in [0.15, 0.2) is 71.5 Å². The molecule has 234 valence electrons. The van der Waals surface area contributed by atoms with E-state index < -0.39 is 0 Å². The Bertz CT molecular complexity index is 1750. The van der Waals surface area contributed by atoms with Crippen molar-refractivity contribution in [2.24, 2.45) is 7.05 Å². The lowest BCUT2D eigenvalue weighted by atomic mass is 10.00. The average molecular weight is 607 g/mol. The standard InChI is InChI=1S/C36H42N6O3/c1-6-7-11-26-12-8-9-13-30(26)34(43)38-31-15-10-14-29(24(31)2)32-25(3)41(5)36(45)33(39-32)37-28-18-16-27(17-19-28)35(44)42-22-20-40(4)21-23-42/h8-10,12-19H,6-7,11,20-23H2,1-5H3,(H,37,39)(H,38,43). The van der Waals surface area contributed by atoms with Crippen molar-refractivity contribution in [3.8, 4) is 11.3 Å². The Morgan fingerprint density at radius 2 is 1.60 bits per heavy atom. The molecule has 9 nitrogen and oxygen atoms in total. The van der Waals surface area contributed by atoms with Gasteiger partial charge in [-0.25, -0.2) is 4.98 Å².